The van der Waals surface area contributed by atoms with Crippen molar-refractivity contribution in [2.75, 3.05) is 0 Å². The normalized spacial score (nSPS) is 10.9. The molecule has 9 heteroatoms. The van der Waals surface area contributed by atoms with E-state index in [2.05, 4.69) is 15.3 Å². The van der Waals surface area contributed by atoms with Gasteiger partial charge < -0.3 is 0 Å². The van der Waals surface area contributed by atoms with Crippen molar-refractivity contribution in [3.8, 4) is 0 Å². The smallest absolute Gasteiger partial charge is 0.258 e. The number of H-pyrrole nitrogens is 2. The lowest BCUT2D eigenvalue weighted by atomic mass is 10.2. The number of nitrogens with one attached hydrogen (secondary N) is 2. The Morgan fingerprint density at radius 2 is 1.72 bits per heavy atom. The van der Waals surface area contributed by atoms with Gasteiger partial charge in [0.25, 0.3) is 5.69 Å². The summed E-state index contributed by atoms with van der Waals surface area (Å²) in [4.78, 5) is 32.1. The topological polar surface area (TPSA) is 126 Å². The summed E-state index contributed by atoms with van der Waals surface area (Å²) in [6, 6.07) is 5.50. The fraction of sp³-hybridized carbons (Fsp3) is 0. The molecule has 0 spiro atoms. The number of aromatic nitrogens is 3. The van der Waals surface area contributed by atoms with Gasteiger partial charge in [-0.15, -0.1) is 4.68 Å². The van der Waals surface area contributed by atoms with Gasteiger partial charge in [0.2, 0.25) is 0 Å². The summed E-state index contributed by atoms with van der Waals surface area (Å²) in [6.07, 6.45) is 1.24. The maximum Gasteiger partial charge on any atom is 0.365 e. The first-order valence-electron chi connectivity index (χ1n) is 4.76. The molecular formula is C9H7N5O4. The van der Waals surface area contributed by atoms with Crippen LogP contribution in [-0.2, 0) is 0 Å². The number of non-ortho nitro benzene ring substituents is 1. The Bertz CT molecular complexity index is 678. The van der Waals surface area contributed by atoms with Crippen LogP contribution in [0.4, 0.5) is 5.69 Å². The SMILES string of the molecule is O=c1[nH][nH]c(=O)n1/N=C\c1ccc([N+](=O)[O-])cc1. The number of nitrogens with zero attached hydrogens (tertiary/aromatic N) is 3. The van der Waals surface area contributed by atoms with Gasteiger partial charge in [-0.05, 0) is 17.7 Å². The third-order valence-corrected chi connectivity index (χ3v) is 2.09. The molecule has 0 atom stereocenters. The summed E-state index contributed by atoms with van der Waals surface area (Å²) in [7, 11) is 0. The molecule has 1 aromatic carbocycles. The molecule has 18 heavy (non-hydrogen) atoms. The zero-order chi connectivity index (χ0) is 13.1. The second-order valence-electron chi connectivity index (χ2n) is 3.27. The number of benzene rings is 1. The molecule has 0 saturated carbocycles. The van der Waals surface area contributed by atoms with Crippen molar-refractivity contribution in [1.29, 1.82) is 0 Å². The molecule has 1 heterocycles. The molecule has 0 fully saturated rings. The lowest BCUT2D eigenvalue weighted by Crippen LogP contribution is -2.22. The van der Waals surface area contributed by atoms with Gasteiger partial charge in [-0.2, -0.15) is 5.10 Å². The molecule has 0 saturated heterocycles. The number of hydrogen-bond donors (Lipinski definition) is 2. The molecule has 9 nitrogen and oxygen atoms in total. The van der Waals surface area contributed by atoms with Crippen LogP contribution in [0.3, 0.4) is 0 Å². The molecular weight excluding hydrogens is 242 g/mol. The van der Waals surface area contributed by atoms with E-state index in [4.69, 9.17) is 0 Å². The molecule has 92 valence electrons. The summed E-state index contributed by atoms with van der Waals surface area (Å²) in [5.41, 5.74) is -0.923. The molecule has 2 N–H and O–H groups in total. The molecule has 0 bridgehead atoms. The number of rotatable bonds is 3. The van der Waals surface area contributed by atoms with Gasteiger partial charge in [0.05, 0.1) is 11.1 Å². The van der Waals surface area contributed by atoms with Crippen LogP contribution in [0.1, 0.15) is 5.56 Å². The lowest BCUT2D eigenvalue weighted by Gasteiger charge is -1.92. The Kier molecular flexibility index (Phi) is 2.87. The summed E-state index contributed by atoms with van der Waals surface area (Å²) < 4.78 is 0.599. The van der Waals surface area contributed by atoms with Gasteiger partial charge in [-0.3, -0.25) is 10.1 Å². The summed E-state index contributed by atoms with van der Waals surface area (Å²) in [5, 5.41) is 18.2. The number of hydrogen-bond acceptors (Lipinski definition) is 5. The molecule has 0 radical (unpaired) electrons. The second-order valence-corrected chi connectivity index (χ2v) is 3.27. The van der Waals surface area contributed by atoms with Crippen LogP contribution in [-0.4, -0.2) is 26.0 Å². The van der Waals surface area contributed by atoms with E-state index >= 15 is 0 Å². The van der Waals surface area contributed by atoms with Gasteiger partial charge in [-0.25, -0.2) is 19.8 Å². The van der Waals surface area contributed by atoms with Crippen LogP contribution in [0.15, 0.2) is 39.0 Å². The third kappa shape index (κ3) is 2.24. The predicted molar refractivity (Wildman–Crippen MR) is 61.8 cm³/mol. The Morgan fingerprint density at radius 1 is 1.17 bits per heavy atom. The van der Waals surface area contributed by atoms with Crippen molar-refractivity contribution < 1.29 is 4.92 Å². The van der Waals surface area contributed by atoms with Crippen LogP contribution in [0.25, 0.3) is 0 Å². The van der Waals surface area contributed by atoms with E-state index in [1.165, 1.54) is 30.5 Å². The Balaban J connectivity index is 2.27. The highest BCUT2D eigenvalue weighted by Gasteiger charge is 2.03. The molecule has 2 aromatic rings. The van der Waals surface area contributed by atoms with Crippen molar-refractivity contribution in [3.63, 3.8) is 0 Å². The summed E-state index contributed by atoms with van der Waals surface area (Å²) >= 11 is 0. The molecule has 0 aliphatic carbocycles. The lowest BCUT2D eigenvalue weighted by molar-refractivity contribution is -0.384. The maximum absolute atomic E-state index is 11.1. The van der Waals surface area contributed by atoms with E-state index < -0.39 is 16.3 Å². The van der Waals surface area contributed by atoms with E-state index in [9.17, 15) is 19.7 Å². The zero-order valence-electron chi connectivity index (χ0n) is 8.86. The van der Waals surface area contributed by atoms with Crippen LogP contribution in [0.2, 0.25) is 0 Å². The monoisotopic (exact) mass is 249 g/mol. The third-order valence-electron chi connectivity index (χ3n) is 2.09. The first-order valence-corrected chi connectivity index (χ1v) is 4.76. The predicted octanol–water partition coefficient (Wildman–Crippen LogP) is -0.345. The Labute approximate surface area is 98.5 Å². The molecule has 0 unspecified atom stereocenters. The van der Waals surface area contributed by atoms with E-state index in [0.29, 0.717) is 10.2 Å². The average Bonchev–Trinajstić information content (AvgIpc) is 2.67. The van der Waals surface area contributed by atoms with Gasteiger partial charge in [-0.1, -0.05) is 0 Å². The molecule has 1 aromatic heterocycles. The van der Waals surface area contributed by atoms with Crippen LogP contribution >= 0.6 is 0 Å². The van der Waals surface area contributed by atoms with Crippen LogP contribution in [0, 0.1) is 10.1 Å². The van der Waals surface area contributed by atoms with E-state index in [1.54, 1.807) is 0 Å². The Hall–Kier alpha value is -2.97. The number of nitro groups is 1. The van der Waals surface area contributed by atoms with Crippen molar-refractivity contribution >= 4 is 11.9 Å². The molecule has 0 amide bonds. The van der Waals surface area contributed by atoms with E-state index in [0.717, 1.165) is 0 Å². The second kappa shape index (κ2) is 4.49. The van der Waals surface area contributed by atoms with Gasteiger partial charge in [0.1, 0.15) is 0 Å². The first kappa shape index (κ1) is 11.5. The van der Waals surface area contributed by atoms with E-state index in [-0.39, 0.29) is 5.69 Å². The van der Waals surface area contributed by atoms with Gasteiger partial charge >= 0.3 is 11.4 Å². The number of aromatic amines is 2. The van der Waals surface area contributed by atoms with Crippen LogP contribution < -0.4 is 11.4 Å². The van der Waals surface area contributed by atoms with Crippen molar-refractivity contribution in [2.24, 2.45) is 5.10 Å². The fourth-order valence-corrected chi connectivity index (χ4v) is 1.22. The highest BCUT2D eigenvalue weighted by Crippen LogP contribution is 2.10. The summed E-state index contributed by atoms with van der Waals surface area (Å²) in [5.74, 6) is 0. The van der Waals surface area contributed by atoms with Crippen molar-refractivity contribution in [1.82, 2.24) is 14.9 Å². The van der Waals surface area contributed by atoms with E-state index in [1.807, 2.05) is 0 Å². The quantitative estimate of drug-likeness (QED) is 0.438. The minimum Gasteiger partial charge on any atom is -0.258 e. The summed E-state index contributed by atoms with van der Waals surface area (Å²) in [6.45, 7) is 0. The standard InChI is InChI=1S/C9H7N5O4/c15-8-11-12-9(16)13(8)10-5-6-1-3-7(4-2-6)14(17)18/h1-5H,(H,11,15)(H,12,16)/b10-5-. The maximum atomic E-state index is 11.1. The largest absolute Gasteiger partial charge is 0.365 e. The zero-order valence-corrected chi connectivity index (χ0v) is 8.86. The molecule has 0 aliphatic rings. The first-order chi connectivity index (χ1) is 8.58. The van der Waals surface area contributed by atoms with Crippen LogP contribution in [0.5, 0.6) is 0 Å². The average molecular weight is 249 g/mol. The highest BCUT2D eigenvalue weighted by atomic mass is 16.6. The van der Waals surface area contributed by atoms with Gasteiger partial charge in [0.15, 0.2) is 0 Å². The minimum atomic E-state index is -0.696. The fourth-order valence-electron chi connectivity index (χ4n) is 1.22. The van der Waals surface area contributed by atoms with Crippen molar-refractivity contribution in [3.05, 3.63) is 60.9 Å². The molecule has 0 aliphatic heterocycles. The number of nitro benzene ring substituents is 1. The minimum absolute atomic E-state index is 0.0520. The van der Waals surface area contributed by atoms with Gasteiger partial charge in [0, 0.05) is 12.1 Å². The molecule has 2 rings (SSSR count). The Morgan fingerprint density at radius 3 is 2.22 bits per heavy atom. The highest BCUT2D eigenvalue weighted by molar-refractivity contribution is 5.79. The van der Waals surface area contributed by atoms with Crippen molar-refractivity contribution in [2.45, 2.75) is 0 Å².